The van der Waals surface area contributed by atoms with Crippen molar-refractivity contribution in [3.05, 3.63) is 87.5 Å². The molecule has 0 spiro atoms. The third-order valence-electron chi connectivity index (χ3n) is 8.82. The fourth-order valence-corrected chi connectivity index (χ4v) is 6.83. The Morgan fingerprint density at radius 3 is 1.94 bits per heavy atom. The van der Waals surface area contributed by atoms with Gasteiger partial charge in [0.25, 0.3) is 5.91 Å². The third-order valence-corrected chi connectivity index (χ3v) is 10.0. The summed E-state index contributed by atoms with van der Waals surface area (Å²) in [6.07, 6.45) is 0.690. The number of nitrogens with one attached hydrogen (secondary N) is 5. The molecular formula is C39H51FN6O7S. The molecule has 292 valence electrons. The van der Waals surface area contributed by atoms with E-state index in [0.717, 1.165) is 16.9 Å². The zero-order valence-electron chi connectivity index (χ0n) is 31.7. The van der Waals surface area contributed by atoms with Gasteiger partial charge in [0, 0.05) is 13.1 Å². The predicted molar refractivity (Wildman–Crippen MR) is 205 cm³/mol. The molecule has 0 fully saturated rings. The van der Waals surface area contributed by atoms with Gasteiger partial charge in [-0.25, -0.2) is 9.18 Å². The van der Waals surface area contributed by atoms with E-state index in [1.807, 2.05) is 30.3 Å². The quantitative estimate of drug-likeness (QED) is 0.0830. The van der Waals surface area contributed by atoms with Gasteiger partial charge in [0.05, 0.1) is 29.5 Å². The van der Waals surface area contributed by atoms with E-state index in [1.54, 1.807) is 41.5 Å². The number of anilines is 1. The third kappa shape index (κ3) is 11.7. The second-order valence-corrected chi connectivity index (χ2v) is 14.6. The number of carbonyl (C=O) groups excluding carboxylic acids is 6. The lowest BCUT2D eigenvalue weighted by Gasteiger charge is -2.27. The second-order valence-electron chi connectivity index (χ2n) is 13.6. The fraction of sp³-hybridized carbons (Fsp3) is 0.436. The first-order chi connectivity index (χ1) is 25.6. The van der Waals surface area contributed by atoms with Gasteiger partial charge < -0.3 is 37.1 Å². The zero-order chi connectivity index (χ0) is 40.1. The molecule has 1 heterocycles. The number of thiophene rings is 1. The molecule has 0 aliphatic carbocycles. The molecule has 54 heavy (non-hydrogen) atoms. The molecule has 0 bridgehead atoms. The molecular weight excluding hydrogens is 716 g/mol. The highest BCUT2D eigenvalue weighted by molar-refractivity contribution is 7.18. The Hall–Kier alpha value is -5.15. The summed E-state index contributed by atoms with van der Waals surface area (Å²) in [5.41, 5.74) is 7.94. The number of methoxy groups -OCH3 is 1. The predicted octanol–water partition coefficient (Wildman–Crippen LogP) is 3.81. The number of rotatable bonds is 18. The van der Waals surface area contributed by atoms with Crippen molar-refractivity contribution in [2.75, 3.05) is 25.5 Å². The van der Waals surface area contributed by atoms with Crippen molar-refractivity contribution < 1.29 is 37.9 Å². The highest BCUT2D eigenvalue weighted by atomic mass is 32.1. The van der Waals surface area contributed by atoms with E-state index in [-0.39, 0.29) is 40.4 Å². The maximum atomic E-state index is 13.5. The fourth-order valence-electron chi connectivity index (χ4n) is 5.72. The Kier molecular flexibility index (Phi) is 16.3. The van der Waals surface area contributed by atoms with Crippen LogP contribution in [0.3, 0.4) is 0 Å². The van der Waals surface area contributed by atoms with Gasteiger partial charge in [-0.2, -0.15) is 0 Å². The van der Waals surface area contributed by atoms with Crippen LogP contribution in [0.1, 0.15) is 83.7 Å². The number of nitrogens with two attached hydrogens (primary N) is 1. The van der Waals surface area contributed by atoms with Gasteiger partial charge in [0.1, 0.15) is 22.9 Å². The van der Waals surface area contributed by atoms with Crippen LogP contribution in [0.25, 0.3) is 0 Å². The van der Waals surface area contributed by atoms with Crippen LogP contribution in [0.4, 0.5) is 9.39 Å². The molecule has 15 heteroatoms. The molecule has 3 rings (SSSR count). The number of amides is 5. The molecule has 0 saturated carbocycles. The molecule has 1 aromatic heterocycles. The summed E-state index contributed by atoms with van der Waals surface area (Å²) in [6.45, 7) is 10.5. The van der Waals surface area contributed by atoms with Crippen LogP contribution in [-0.4, -0.2) is 73.8 Å². The summed E-state index contributed by atoms with van der Waals surface area (Å²) in [5.74, 6) is -4.93. The van der Waals surface area contributed by atoms with Crippen LogP contribution in [0.5, 0.6) is 0 Å². The first-order valence-electron chi connectivity index (χ1n) is 17.8. The number of ether oxygens (including phenoxy) is 1. The summed E-state index contributed by atoms with van der Waals surface area (Å²) in [6, 6.07) is 12.1. The molecule has 0 aliphatic heterocycles. The van der Waals surface area contributed by atoms with Gasteiger partial charge >= 0.3 is 5.97 Å². The monoisotopic (exact) mass is 766 g/mol. The van der Waals surface area contributed by atoms with Gasteiger partial charge in [-0.1, -0.05) is 77.1 Å². The van der Waals surface area contributed by atoms with Crippen LogP contribution in [0.15, 0.2) is 54.6 Å². The number of benzene rings is 2. The van der Waals surface area contributed by atoms with Crippen molar-refractivity contribution in [3.63, 3.8) is 0 Å². The van der Waals surface area contributed by atoms with E-state index in [1.165, 1.54) is 31.4 Å². The second kappa shape index (κ2) is 20.3. The van der Waals surface area contributed by atoms with Crippen LogP contribution >= 0.6 is 11.3 Å². The minimum atomic E-state index is -0.945. The van der Waals surface area contributed by atoms with Gasteiger partial charge in [0.15, 0.2) is 0 Å². The van der Waals surface area contributed by atoms with Crippen molar-refractivity contribution in [1.82, 2.24) is 21.3 Å². The molecule has 5 amide bonds. The molecule has 0 aliphatic rings. The van der Waals surface area contributed by atoms with Crippen molar-refractivity contribution in [3.8, 4) is 0 Å². The first kappa shape index (κ1) is 43.3. The number of hydrogen-bond acceptors (Lipinski definition) is 9. The van der Waals surface area contributed by atoms with Crippen molar-refractivity contribution in [1.29, 1.82) is 0 Å². The lowest BCUT2D eigenvalue weighted by atomic mass is 9.95. The molecule has 0 radical (unpaired) electrons. The van der Waals surface area contributed by atoms with Crippen LogP contribution in [-0.2, 0) is 30.3 Å². The van der Waals surface area contributed by atoms with Crippen LogP contribution in [0, 0.1) is 24.6 Å². The van der Waals surface area contributed by atoms with E-state index in [9.17, 15) is 33.2 Å². The van der Waals surface area contributed by atoms with Crippen molar-refractivity contribution in [2.24, 2.45) is 17.6 Å². The summed E-state index contributed by atoms with van der Waals surface area (Å²) in [4.78, 5) is 78.9. The molecule has 13 nitrogen and oxygen atoms in total. The standard InChI is InChI=1S/C39H51FN6O7S/c1-8-27(25-14-16-26(40)17-15-25)33(47)46-38-29(39(52)53-7)23(6)32(54-38)37(51)43-19-18-42-35(49)30(21(2)3)45-36(50)31(22(4)5)44-34(48)28(41)20-24-12-10-9-11-13-24/h9-17,21-22,27-28,30-31H,8,18-20,41H2,1-7H3,(H,42,49)(H,43,51)(H,44,48)(H,45,50)(H,46,47)/t27?,28-,30-,31-/m0/s1. The van der Waals surface area contributed by atoms with Crippen molar-refractivity contribution in [2.45, 2.75) is 78.4 Å². The Morgan fingerprint density at radius 1 is 0.796 bits per heavy atom. The molecule has 3 aromatic rings. The molecule has 4 atom stereocenters. The van der Waals surface area contributed by atoms with Gasteiger partial charge in [-0.15, -0.1) is 11.3 Å². The van der Waals surface area contributed by atoms with E-state index in [4.69, 9.17) is 10.5 Å². The zero-order valence-corrected chi connectivity index (χ0v) is 32.5. The largest absolute Gasteiger partial charge is 0.465 e. The average Bonchev–Trinajstić information content (AvgIpc) is 3.46. The summed E-state index contributed by atoms with van der Waals surface area (Å²) in [5, 5.41) is 13.8. The first-order valence-corrected chi connectivity index (χ1v) is 18.6. The molecule has 1 unspecified atom stereocenters. The van der Waals surface area contributed by atoms with E-state index in [2.05, 4.69) is 26.6 Å². The van der Waals surface area contributed by atoms with Crippen molar-refractivity contribution >= 4 is 51.8 Å². The highest BCUT2D eigenvalue weighted by Crippen LogP contribution is 2.35. The lowest BCUT2D eigenvalue weighted by Crippen LogP contribution is -2.58. The number of hydrogen-bond donors (Lipinski definition) is 6. The smallest absolute Gasteiger partial charge is 0.341 e. The minimum absolute atomic E-state index is 0.00236. The summed E-state index contributed by atoms with van der Waals surface area (Å²) in [7, 11) is 1.19. The number of esters is 1. The number of halogens is 1. The van der Waals surface area contributed by atoms with Crippen LogP contribution in [0.2, 0.25) is 0 Å². The lowest BCUT2D eigenvalue weighted by molar-refractivity contribution is -0.134. The summed E-state index contributed by atoms with van der Waals surface area (Å²) >= 11 is 0.905. The minimum Gasteiger partial charge on any atom is -0.465 e. The Labute approximate surface area is 319 Å². The topological polar surface area (TPSA) is 198 Å². The van der Waals surface area contributed by atoms with E-state index >= 15 is 0 Å². The van der Waals surface area contributed by atoms with Crippen LogP contribution < -0.4 is 32.3 Å². The SMILES string of the molecule is CCC(C(=O)Nc1sc(C(=O)NCCNC(=O)[C@@H](NC(=O)[C@@H](NC(=O)[C@@H](N)Cc2ccccc2)C(C)C)C(C)C)c(C)c1C(=O)OC)c1ccc(F)cc1. The maximum absolute atomic E-state index is 13.5. The Morgan fingerprint density at radius 2 is 1.37 bits per heavy atom. The van der Waals surface area contributed by atoms with Gasteiger partial charge in [-0.05, 0) is 60.4 Å². The average molecular weight is 767 g/mol. The van der Waals surface area contributed by atoms with E-state index < -0.39 is 65.4 Å². The van der Waals surface area contributed by atoms with E-state index in [0.29, 0.717) is 24.0 Å². The molecule has 0 saturated heterocycles. The Bertz CT molecular complexity index is 1780. The molecule has 2 aromatic carbocycles. The normalized spacial score (nSPS) is 13.3. The Balaban J connectivity index is 1.61. The highest BCUT2D eigenvalue weighted by Gasteiger charge is 2.32. The summed E-state index contributed by atoms with van der Waals surface area (Å²) < 4.78 is 18.4. The molecule has 7 N–H and O–H groups in total. The number of carbonyl (C=O) groups is 6. The van der Waals surface area contributed by atoms with Gasteiger partial charge in [0.2, 0.25) is 23.6 Å². The maximum Gasteiger partial charge on any atom is 0.341 e. The van der Waals surface area contributed by atoms with Gasteiger partial charge in [-0.3, -0.25) is 24.0 Å².